The molecule has 5 rings (SSSR count). The Labute approximate surface area is 209 Å². The van der Waals surface area contributed by atoms with Gasteiger partial charge in [0.25, 0.3) is 5.56 Å². The summed E-state index contributed by atoms with van der Waals surface area (Å²) in [4.78, 5) is 31.6. The van der Waals surface area contributed by atoms with Crippen molar-refractivity contribution in [1.29, 1.82) is 0 Å². The van der Waals surface area contributed by atoms with Gasteiger partial charge in [0.1, 0.15) is 17.5 Å². The van der Waals surface area contributed by atoms with E-state index in [4.69, 9.17) is 0 Å². The lowest BCUT2D eigenvalue weighted by Crippen LogP contribution is -2.40. The molecule has 6 nitrogen and oxygen atoms in total. The van der Waals surface area contributed by atoms with Gasteiger partial charge in [-0.05, 0) is 53.4 Å². The third-order valence-electron chi connectivity index (χ3n) is 6.36. The number of hydrogen-bond acceptors (Lipinski definition) is 3. The maximum atomic E-state index is 14.4. The molecule has 2 aromatic heterocycles. The van der Waals surface area contributed by atoms with Gasteiger partial charge in [-0.25, -0.2) is 27.5 Å². The number of fused-ring (bicyclic) bond motifs is 1. The van der Waals surface area contributed by atoms with Crippen LogP contribution in [0.15, 0.2) is 82.6 Å². The lowest BCUT2D eigenvalue weighted by Gasteiger charge is -2.14. The van der Waals surface area contributed by atoms with Crippen LogP contribution in [0.1, 0.15) is 36.5 Å². The van der Waals surface area contributed by atoms with Crippen LogP contribution in [0.4, 0.5) is 13.2 Å². The highest BCUT2D eigenvalue weighted by Crippen LogP contribution is 2.20. The molecule has 0 fully saturated rings. The van der Waals surface area contributed by atoms with Gasteiger partial charge in [-0.2, -0.15) is 0 Å². The van der Waals surface area contributed by atoms with Crippen molar-refractivity contribution in [2.24, 2.45) is 0 Å². The van der Waals surface area contributed by atoms with Crippen molar-refractivity contribution < 1.29 is 13.2 Å². The predicted molar refractivity (Wildman–Crippen MR) is 135 cm³/mol. The van der Waals surface area contributed by atoms with Crippen molar-refractivity contribution in [1.82, 2.24) is 18.7 Å². The lowest BCUT2D eigenvalue weighted by molar-refractivity contribution is 0.546. The van der Waals surface area contributed by atoms with Crippen molar-refractivity contribution in [3.05, 3.63) is 128 Å². The van der Waals surface area contributed by atoms with Crippen LogP contribution in [-0.2, 0) is 13.1 Å². The summed E-state index contributed by atoms with van der Waals surface area (Å²) in [6.45, 7) is 3.67. The molecule has 0 bridgehead atoms. The molecule has 0 aliphatic rings. The zero-order valence-corrected chi connectivity index (χ0v) is 20.2. The van der Waals surface area contributed by atoms with Gasteiger partial charge >= 0.3 is 5.69 Å². The molecule has 0 saturated carbocycles. The Hall–Kier alpha value is -4.40. The standard InChI is InChI=1S/C28H23F3N4O2/c1-17(2)19-8-12-21(13-9-19)35-26-25(33(16-32-26)15-22-23(30)4-3-5-24(22)31)27(36)34(28(35)37)14-18-6-10-20(29)11-7-18/h3-13,16-17H,14-15H2,1-2H3. The van der Waals surface area contributed by atoms with Gasteiger partial charge in [-0.1, -0.05) is 44.2 Å². The van der Waals surface area contributed by atoms with E-state index in [1.807, 2.05) is 26.0 Å². The third-order valence-corrected chi connectivity index (χ3v) is 6.36. The monoisotopic (exact) mass is 504 g/mol. The van der Waals surface area contributed by atoms with Crippen LogP contribution in [0.2, 0.25) is 0 Å². The molecule has 0 N–H and O–H groups in total. The van der Waals surface area contributed by atoms with E-state index in [1.54, 1.807) is 12.1 Å². The summed E-state index contributed by atoms with van der Waals surface area (Å²) < 4.78 is 45.9. The van der Waals surface area contributed by atoms with Crippen molar-refractivity contribution in [2.45, 2.75) is 32.9 Å². The van der Waals surface area contributed by atoms with Crippen molar-refractivity contribution in [2.75, 3.05) is 0 Å². The van der Waals surface area contributed by atoms with E-state index in [0.29, 0.717) is 11.3 Å². The predicted octanol–water partition coefficient (Wildman–Crippen LogP) is 4.99. The van der Waals surface area contributed by atoms with Gasteiger partial charge in [0.05, 0.1) is 25.1 Å². The van der Waals surface area contributed by atoms with Gasteiger partial charge in [-0.3, -0.25) is 9.36 Å². The number of benzene rings is 3. The largest absolute Gasteiger partial charge is 0.337 e. The third kappa shape index (κ3) is 4.48. The van der Waals surface area contributed by atoms with Gasteiger partial charge in [0.2, 0.25) is 0 Å². The fourth-order valence-electron chi connectivity index (χ4n) is 4.31. The Morgan fingerprint density at radius 2 is 1.49 bits per heavy atom. The van der Waals surface area contributed by atoms with Crippen molar-refractivity contribution in [3.8, 4) is 5.69 Å². The molecular weight excluding hydrogens is 481 g/mol. The Morgan fingerprint density at radius 3 is 2.11 bits per heavy atom. The molecule has 0 saturated heterocycles. The maximum absolute atomic E-state index is 14.4. The topological polar surface area (TPSA) is 61.8 Å². The lowest BCUT2D eigenvalue weighted by atomic mass is 10.0. The summed E-state index contributed by atoms with van der Waals surface area (Å²) >= 11 is 0. The molecule has 188 valence electrons. The number of rotatable bonds is 6. The van der Waals surface area contributed by atoms with Crippen LogP contribution in [0.5, 0.6) is 0 Å². The highest BCUT2D eigenvalue weighted by molar-refractivity contribution is 5.72. The maximum Gasteiger partial charge on any atom is 0.337 e. The Balaban J connectivity index is 1.75. The second kappa shape index (κ2) is 9.57. The minimum Gasteiger partial charge on any atom is -0.320 e. The first-order valence-electron chi connectivity index (χ1n) is 11.7. The smallest absolute Gasteiger partial charge is 0.320 e. The Bertz CT molecular complexity index is 1700. The van der Waals surface area contributed by atoms with Crippen LogP contribution in [0, 0.1) is 17.5 Å². The molecular formula is C28H23F3N4O2. The summed E-state index contributed by atoms with van der Waals surface area (Å²) in [5, 5.41) is 0. The fourth-order valence-corrected chi connectivity index (χ4v) is 4.31. The quantitative estimate of drug-likeness (QED) is 0.328. The fraction of sp³-hybridized carbons (Fsp3) is 0.179. The van der Waals surface area contributed by atoms with Crippen molar-refractivity contribution >= 4 is 11.2 Å². The zero-order valence-electron chi connectivity index (χ0n) is 20.2. The highest BCUT2D eigenvalue weighted by Gasteiger charge is 2.21. The highest BCUT2D eigenvalue weighted by atomic mass is 19.1. The molecule has 0 unspecified atom stereocenters. The minimum atomic E-state index is -0.758. The number of aromatic nitrogens is 4. The van der Waals surface area contributed by atoms with Gasteiger partial charge < -0.3 is 4.57 Å². The summed E-state index contributed by atoms with van der Waals surface area (Å²) in [5.74, 6) is -1.69. The number of hydrogen-bond donors (Lipinski definition) is 0. The first kappa shape index (κ1) is 24.3. The second-order valence-electron chi connectivity index (χ2n) is 9.13. The molecule has 0 spiro atoms. The molecule has 0 radical (unpaired) electrons. The number of halogens is 3. The van der Waals surface area contributed by atoms with E-state index in [-0.39, 0.29) is 35.7 Å². The van der Waals surface area contributed by atoms with Gasteiger partial charge in [-0.15, -0.1) is 0 Å². The van der Waals surface area contributed by atoms with E-state index >= 15 is 0 Å². The van der Waals surface area contributed by atoms with Crippen LogP contribution >= 0.6 is 0 Å². The van der Waals surface area contributed by atoms with Gasteiger partial charge in [0.15, 0.2) is 11.2 Å². The molecule has 5 aromatic rings. The Morgan fingerprint density at radius 1 is 0.838 bits per heavy atom. The molecule has 37 heavy (non-hydrogen) atoms. The zero-order chi connectivity index (χ0) is 26.3. The first-order valence-corrected chi connectivity index (χ1v) is 11.7. The summed E-state index contributed by atoms with van der Waals surface area (Å²) in [6, 6.07) is 16.3. The molecule has 9 heteroatoms. The summed E-state index contributed by atoms with van der Waals surface area (Å²) in [5.41, 5.74) is 0.618. The van der Waals surface area contributed by atoms with Crippen LogP contribution < -0.4 is 11.2 Å². The van der Waals surface area contributed by atoms with Crippen LogP contribution in [0.3, 0.4) is 0 Å². The SMILES string of the molecule is CC(C)c1ccc(-n2c(=O)n(Cc3ccc(F)cc3)c(=O)c3c2ncn3Cc2c(F)cccc2F)cc1. The second-order valence-corrected chi connectivity index (χ2v) is 9.13. The van der Waals surface area contributed by atoms with Crippen LogP contribution in [0.25, 0.3) is 16.9 Å². The minimum absolute atomic E-state index is 0.0114. The summed E-state index contributed by atoms with van der Waals surface area (Å²) in [6.07, 6.45) is 1.29. The average Bonchev–Trinajstić information content (AvgIpc) is 3.29. The molecule has 3 aromatic carbocycles. The van der Waals surface area contributed by atoms with Crippen molar-refractivity contribution in [3.63, 3.8) is 0 Å². The number of imidazole rings is 1. The van der Waals surface area contributed by atoms with E-state index in [0.717, 1.165) is 22.3 Å². The van der Waals surface area contributed by atoms with Crippen LogP contribution in [-0.4, -0.2) is 18.7 Å². The van der Waals surface area contributed by atoms with E-state index in [2.05, 4.69) is 4.98 Å². The summed E-state index contributed by atoms with van der Waals surface area (Å²) in [7, 11) is 0. The van der Waals surface area contributed by atoms with E-state index in [1.165, 1.54) is 45.8 Å². The number of nitrogens with zero attached hydrogens (tertiary/aromatic N) is 4. The first-order chi connectivity index (χ1) is 17.7. The average molecular weight is 505 g/mol. The molecule has 0 aliphatic carbocycles. The molecule has 0 aliphatic heterocycles. The van der Waals surface area contributed by atoms with E-state index in [9.17, 15) is 22.8 Å². The normalized spacial score (nSPS) is 11.5. The molecule has 0 atom stereocenters. The molecule has 0 amide bonds. The molecule has 2 heterocycles. The van der Waals surface area contributed by atoms with Gasteiger partial charge in [0, 0.05) is 5.56 Å². The van der Waals surface area contributed by atoms with E-state index < -0.39 is 28.7 Å². The Kier molecular flexibility index (Phi) is 6.29.